The van der Waals surface area contributed by atoms with Gasteiger partial charge in [0.2, 0.25) is 11.6 Å². The topological polar surface area (TPSA) is 324 Å². The molecule has 0 bridgehead atoms. The zero-order valence-electron chi connectivity index (χ0n) is 32.7. The molecule has 334 valence electrons. The van der Waals surface area contributed by atoms with E-state index in [0.717, 1.165) is 24.3 Å². The van der Waals surface area contributed by atoms with Crippen molar-refractivity contribution in [3.8, 4) is 0 Å². The average molecular weight is 974 g/mol. The molecule has 0 radical (unpaired) electrons. The molecule has 2 amide bonds. The van der Waals surface area contributed by atoms with Gasteiger partial charge in [0.05, 0.1) is 32.5 Å². The van der Waals surface area contributed by atoms with E-state index in [9.17, 15) is 64.9 Å². The molecule has 66 heavy (non-hydrogen) atoms. The minimum Gasteiger partial charge on any atom is -0.478 e. The highest BCUT2D eigenvalue weighted by Gasteiger charge is 2.35. The third kappa shape index (κ3) is 9.78. The number of halogens is 2. The molecule has 0 aromatic heterocycles. The van der Waals surface area contributed by atoms with Crippen molar-refractivity contribution in [1.82, 2.24) is 0 Å². The molecule has 0 saturated carbocycles. The van der Waals surface area contributed by atoms with Gasteiger partial charge in [-0.3, -0.25) is 39.1 Å². The van der Waals surface area contributed by atoms with Crippen LogP contribution in [0, 0.1) is 0 Å². The first kappa shape index (κ1) is 46.1. The van der Waals surface area contributed by atoms with Crippen LogP contribution in [-0.4, -0.2) is 82.9 Å². The number of fused-ring (bicyclic) bond motifs is 2. The van der Waals surface area contributed by atoms with Crippen molar-refractivity contribution in [2.24, 2.45) is 10.2 Å². The molecule has 0 atom stereocenters. The number of carboxylic acid groups (broad SMARTS) is 2. The number of ketones is 2. The van der Waals surface area contributed by atoms with Gasteiger partial charge in [0.25, 0.3) is 32.1 Å². The molecule has 5 aromatic carbocycles. The van der Waals surface area contributed by atoms with E-state index in [1.54, 1.807) is 0 Å². The van der Waals surface area contributed by atoms with Crippen molar-refractivity contribution in [3.05, 3.63) is 161 Å². The van der Waals surface area contributed by atoms with E-state index < -0.39 is 76.8 Å². The van der Waals surface area contributed by atoms with Crippen LogP contribution in [0.1, 0.15) is 73.3 Å². The lowest BCUT2D eigenvalue weighted by atomic mass is 9.94. The maximum Gasteiger partial charge on any atom is 0.335 e. The number of Topliss-reactive ketones (excluding diaryl/α,β-unsaturated/α-hetero) is 2. The summed E-state index contributed by atoms with van der Waals surface area (Å²) in [4.78, 5) is 74.3. The predicted molar refractivity (Wildman–Crippen MR) is 242 cm³/mol. The van der Waals surface area contributed by atoms with Crippen molar-refractivity contribution in [3.63, 3.8) is 0 Å². The number of hydrazone groups is 2. The minimum atomic E-state index is -5.07. The molecule has 0 aliphatic heterocycles. The summed E-state index contributed by atoms with van der Waals surface area (Å²) in [6.45, 7) is 0. The molecule has 20 nitrogen and oxygen atoms in total. The molecule has 5 aromatic rings. The third-order valence-electron chi connectivity index (χ3n) is 9.55. The van der Waals surface area contributed by atoms with Crippen molar-refractivity contribution in [1.29, 1.82) is 0 Å². The number of nitrogens with one attached hydrogen (secondary N) is 4. The Morgan fingerprint density at radius 1 is 0.500 bits per heavy atom. The van der Waals surface area contributed by atoms with Crippen molar-refractivity contribution in [2.45, 2.75) is 0 Å². The van der Waals surface area contributed by atoms with Crippen molar-refractivity contribution < 1.29 is 64.9 Å². The Kier molecular flexibility index (Phi) is 12.6. The molecular weight excluding hydrogens is 948 g/mol. The monoisotopic (exact) mass is 972 g/mol. The zero-order valence-corrected chi connectivity index (χ0v) is 35.9. The molecule has 7 rings (SSSR count). The summed E-state index contributed by atoms with van der Waals surface area (Å²) >= 11 is 12.2. The zero-order chi connectivity index (χ0) is 47.8. The Bertz CT molecular complexity index is 3150. The van der Waals surface area contributed by atoms with Crippen LogP contribution in [0.3, 0.4) is 0 Å². The predicted octanol–water partition coefficient (Wildman–Crippen LogP) is 6.68. The van der Waals surface area contributed by atoms with Gasteiger partial charge < -0.3 is 20.8 Å². The first-order valence-corrected chi connectivity index (χ1v) is 21.9. The number of benzene rings is 5. The van der Waals surface area contributed by atoms with Crippen LogP contribution in [0.25, 0.3) is 12.2 Å². The van der Waals surface area contributed by atoms with Crippen LogP contribution in [0.2, 0.25) is 10.0 Å². The molecule has 24 heteroatoms. The van der Waals surface area contributed by atoms with Crippen molar-refractivity contribution >= 4 is 125 Å². The molecule has 2 aliphatic carbocycles. The molecule has 2 aliphatic rings. The number of rotatable bonds is 12. The van der Waals surface area contributed by atoms with Gasteiger partial charge in [-0.15, -0.1) is 0 Å². The van der Waals surface area contributed by atoms with Crippen LogP contribution in [0.4, 0.5) is 22.7 Å². The fourth-order valence-electron chi connectivity index (χ4n) is 6.34. The lowest BCUT2D eigenvalue weighted by Crippen LogP contribution is -2.27. The highest BCUT2D eigenvalue weighted by Crippen LogP contribution is 2.32. The van der Waals surface area contributed by atoms with E-state index in [-0.39, 0.29) is 77.3 Å². The van der Waals surface area contributed by atoms with Crippen LogP contribution in [-0.2, 0) is 20.2 Å². The van der Waals surface area contributed by atoms with E-state index >= 15 is 0 Å². The van der Waals surface area contributed by atoms with E-state index in [0.29, 0.717) is 0 Å². The first-order chi connectivity index (χ1) is 31.1. The highest BCUT2D eigenvalue weighted by atomic mass is 35.5. The van der Waals surface area contributed by atoms with Gasteiger partial charge in [0.15, 0.2) is 11.4 Å². The highest BCUT2D eigenvalue weighted by molar-refractivity contribution is 7.91. The normalized spacial score (nSPS) is 14.7. The average Bonchev–Trinajstić information content (AvgIpc) is 3.25. The first-order valence-electron chi connectivity index (χ1n) is 18.3. The lowest BCUT2D eigenvalue weighted by Gasteiger charge is -2.18. The maximum atomic E-state index is 13.4. The second-order valence-corrected chi connectivity index (χ2v) is 17.5. The Morgan fingerprint density at radius 3 is 1.18 bits per heavy atom. The second kappa shape index (κ2) is 18.0. The van der Waals surface area contributed by atoms with Gasteiger partial charge in [-0.2, -0.15) is 27.0 Å². The number of aromatic carboxylic acids is 2. The lowest BCUT2D eigenvalue weighted by molar-refractivity contribution is 0.0686. The maximum absolute atomic E-state index is 13.4. The summed E-state index contributed by atoms with van der Waals surface area (Å²) in [5.41, 5.74) is 2.84. The second-order valence-electron chi connectivity index (χ2n) is 13.9. The van der Waals surface area contributed by atoms with E-state index in [1.165, 1.54) is 84.9 Å². The van der Waals surface area contributed by atoms with Gasteiger partial charge in [0, 0.05) is 33.6 Å². The summed E-state index contributed by atoms with van der Waals surface area (Å²) < 4.78 is 69.5. The number of carboxylic acids is 2. The quantitative estimate of drug-likeness (QED) is 0.0477. The number of hydrogen-bond acceptors (Lipinski definition) is 14. The number of anilines is 4. The van der Waals surface area contributed by atoms with Gasteiger partial charge in [0.1, 0.15) is 9.81 Å². The van der Waals surface area contributed by atoms with Gasteiger partial charge in [-0.1, -0.05) is 23.2 Å². The molecule has 0 spiro atoms. The van der Waals surface area contributed by atoms with Crippen LogP contribution in [0.15, 0.2) is 117 Å². The number of hydrogen-bond donors (Lipinski definition) is 8. The Hall–Kier alpha value is -7.86. The number of allylic oxidation sites excluding steroid dienone is 2. The fourth-order valence-corrected chi connectivity index (χ4v) is 7.97. The molecular formula is C42H26Cl2N6O14S2. The van der Waals surface area contributed by atoms with E-state index in [4.69, 9.17) is 23.2 Å². The number of carbonyl (C=O) groups excluding carboxylic acids is 4. The van der Waals surface area contributed by atoms with E-state index in [2.05, 4.69) is 31.7 Å². The summed E-state index contributed by atoms with van der Waals surface area (Å²) in [6, 6.07) is 20.1. The summed E-state index contributed by atoms with van der Waals surface area (Å²) in [6.07, 6.45) is 1.89. The standard InChI is InChI=1S/C42H26Cl2N6O14S2/c43-29-11-5-21(41(55)56)15-31(29)47-49-35-33(65(59,60)61)17-23-13-25(7-9-27(23)37(35)51)45-39(53)19-1-2-20(4-3-19)40(54)46-26-8-10-28-24(14-26)18-34(66(62,63)64)36(38(28)52)50-48-32-16-22(42(57)58)6-12-30(32)44/h1-18,47-48H,(H,45,53)(H,46,54)(H,55,56)(H,57,58)(H,59,60,61)(H,62,63,64)/b49-35-,50-36-. The Morgan fingerprint density at radius 2 is 0.848 bits per heavy atom. The summed E-state index contributed by atoms with van der Waals surface area (Å²) in [7, 11) is -10.1. The number of nitrogens with zero attached hydrogens (tertiary/aromatic N) is 2. The molecule has 0 fully saturated rings. The smallest absolute Gasteiger partial charge is 0.335 e. The SMILES string of the molecule is O=C(O)c1ccc(Cl)c(N/N=C2\C(=O)c3ccc(NC(=O)c4ccc(C(=O)Nc5ccc6c(c5)C=C(S(=O)(=O)O)/C(=N/Nc5cc(C(=O)O)ccc5Cl)C6=O)cc4)cc3C=C2S(=O)(=O)O)c1. The Labute approximate surface area is 381 Å². The molecule has 0 saturated heterocycles. The van der Waals surface area contributed by atoms with Gasteiger partial charge >= 0.3 is 11.9 Å². The van der Waals surface area contributed by atoms with Gasteiger partial charge in [-0.25, -0.2) is 9.59 Å². The largest absolute Gasteiger partial charge is 0.478 e. The minimum absolute atomic E-state index is 0.0109. The molecule has 0 unspecified atom stereocenters. The van der Waals surface area contributed by atoms with Crippen molar-refractivity contribution in [2.75, 3.05) is 21.5 Å². The fraction of sp³-hybridized carbons (Fsp3) is 0. The van der Waals surface area contributed by atoms with Crippen LogP contribution in [0.5, 0.6) is 0 Å². The van der Waals surface area contributed by atoms with Crippen LogP contribution < -0.4 is 21.5 Å². The van der Waals surface area contributed by atoms with Crippen LogP contribution >= 0.6 is 23.2 Å². The summed E-state index contributed by atoms with van der Waals surface area (Å²) in [5.74, 6) is -5.87. The van der Waals surface area contributed by atoms with Gasteiger partial charge in [-0.05, 0) is 120 Å². The number of amides is 2. The summed E-state index contributed by atoms with van der Waals surface area (Å²) in [5, 5.41) is 31.4. The molecule has 8 N–H and O–H groups in total. The molecule has 0 heterocycles. The Balaban J connectivity index is 1.05. The number of carbonyl (C=O) groups is 6. The van der Waals surface area contributed by atoms with E-state index in [1.807, 2.05) is 0 Å². The third-order valence-corrected chi connectivity index (χ3v) is 11.9.